The average Bonchev–Trinajstić information content (AvgIpc) is 3.04. The number of aromatic nitrogens is 2. The largest absolute Gasteiger partial charge is 0.324 e. The summed E-state index contributed by atoms with van der Waals surface area (Å²) in [6.07, 6.45) is 0. The molecule has 3 aromatic rings. The summed E-state index contributed by atoms with van der Waals surface area (Å²) in [4.78, 5) is 20.5. The maximum Gasteiger partial charge on any atom is 0.299 e. The lowest BCUT2D eigenvalue weighted by Crippen LogP contribution is -1.98. The van der Waals surface area contributed by atoms with E-state index in [1.165, 1.54) is 23.5 Å². The van der Waals surface area contributed by atoms with Crippen molar-refractivity contribution in [1.82, 2.24) is 10.2 Å². The number of nitro groups is 2. The summed E-state index contributed by atoms with van der Waals surface area (Å²) >= 11 is 1.22. The Morgan fingerprint density at radius 2 is 1.71 bits per heavy atom. The highest BCUT2D eigenvalue weighted by Gasteiger charge is 2.20. The van der Waals surface area contributed by atoms with Crippen molar-refractivity contribution in [3.63, 3.8) is 0 Å². The number of hydrogen-bond donors (Lipinski definition) is 1. The van der Waals surface area contributed by atoms with Gasteiger partial charge in [0, 0.05) is 11.6 Å². The standard InChI is InChI=1S/C14H9N5O4S/c20-18(21)10-6-7-11(12(8-10)19(22)23)15-14-17-16-13(24-14)9-4-2-1-3-5-9/h1-8H,(H,15,17). The molecule has 10 heteroatoms. The normalized spacial score (nSPS) is 10.3. The number of anilines is 2. The number of rotatable bonds is 5. The molecule has 3 rings (SSSR count). The monoisotopic (exact) mass is 343 g/mol. The smallest absolute Gasteiger partial charge is 0.299 e. The molecule has 0 saturated heterocycles. The first-order valence-corrected chi connectivity index (χ1v) is 7.45. The van der Waals surface area contributed by atoms with Gasteiger partial charge in [-0.2, -0.15) is 0 Å². The van der Waals surface area contributed by atoms with Gasteiger partial charge in [-0.25, -0.2) is 0 Å². The Morgan fingerprint density at radius 3 is 2.38 bits per heavy atom. The van der Waals surface area contributed by atoms with Crippen LogP contribution >= 0.6 is 11.3 Å². The molecule has 0 fully saturated rings. The fourth-order valence-corrected chi connectivity index (χ4v) is 2.74. The van der Waals surface area contributed by atoms with Crippen LogP contribution < -0.4 is 5.32 Å². The molecule has 0 radical (unpaired) electrons. The highest BCUT2D eigenvalue weighted by molar-refractivity contribution is 7.18. The lowest BCUT2D eigenvalue weighted by Gasteiger charge is -2.03. The zero-order chi connectivity index (χ0) is 17.1. The van der Waals surface area contributed by atoms with Crippen molar-refractivity contribution in [2.24, 2.45) is 0 Å². The highest BCUT2D eigenvalue weighted by Crippen LogP contribution is 2.33. The van der Waals surface area contributed by atoms with E-state index in [0.29, 0.717) is 10.1 Å². The first kappa shape index (κ1) is 15.5. The quantitative estimate of drug-likeness (QED) is 0.552. The van der Waals surface area contributed by atoms with E-state index < -0.39 is 15.5 Å². The molecule has 1 aromatic heterocycles. The molecule has 120 valence electrons. The first-order chi connectivity index (χ1) is 11.5. The molecule has 24 heavy (non-hydrogen) atoms. The molecule has 0 aliphatic heterocycles. The summed E-state index contributed by atoms with van der Waals surface area (Å²) < 4.78 is 0. The minimum atomic E-state index is -0.686. The van der Waals surface area contributed by atoms with Gasteiger partial charge in [0.2, 0.25) is 5.13 Å². The van der Waals surface area contributed by atoms with Gasteiger partial charge < -0.3 is 5.32 Å². The maximum atomic E-state index is 11.1. The number of nitro benzene ring substituents is 2. The van der Waals surface area contributed by atoms with Gasteiger partial charge in [-0.05, 0) is 6.07 Å². The Bertz CT molecular complexity index is 913. The molecular weight excluding hydrogens is 334 g/mol. The van der Waals surface area contributed by atoms with Crippen LogP contribution in [0.3, 0.4) is 0 Å². The summed E-state index contributed by atoms with van der Waals surface area (Å²) in [5.74, 6) is 0. The molecule has 0 amide bonds. The molecule has 1 N–H and O–H groups in total. The van der Waals surface area contributed by atoms with Crippen LogP contribution in [0.1, 0.15) is 0 Å². The van der Waals surface area contributed by atoms with Crippen LogP contribution in [-0.4, -0.2) is 20.0 Å². The van der Waals surface area contributed by atoms with E-state index in [0.717, 1.165) is 11.6 Å². The molecule has 0 atom stereocenters. The molecule has 0 aliphatic carbocycles. The molecule has 9 nitrogen and oxygen atoms in total. The van der Waals surface area contributed by atoms with Crippen LogP contribution in [-0.2, 0) is 0 Å². The molecule has 0 saturated carbocycles. The van der Waals surface area contributed by atoms with E-state index in [1.807, 2.05) is 30.3 Å². The van der Waals surface area contributed by atoms with Crippen LogP contribution in [0, 0.1) is 20.2 Å². The lowest BCUT2D eigenvalue weighted by molar-refractivity contribution is -0.393. The van der Waals surface area contributed by atoms with Crippen molar-refractivity contribution in [3.05, 3.63) is 68.8 Å². The van der Waals surface area contributed by atoms with E-state index >= 15 is 0 Å². The van der Waals surface area contributed by atoms with Gasteiger partial charge in [-0.1, -0.05) is 41.7 Å². The van der Waals surface area contributed by atoms with Gasteiger partial charge in [0.1, 0.15) is 10.7 Å². The van der Waals surface area contributed by atoms with Gasteiger partial charge in [-0.3, -0.25) is 20.2 Å². The number of non-ortho nitro benzene ring substituents is 1. The van der Waals surface area contributed by atoms with E-state index in [9.17, 15) is 20.2 Å². The summed E-state index contributed by atoms with van der Waals surface area (Å²) in [7, 11) is 0. The van der Waals surface area contributed by atoms with Gasteiger partial charge in [0.15, 0.2) is 0 Å². The number of benzene rings is 2. The van der Waals surface area contributed by atoms with Crippen molar-refractivity contribution in [2.45, 2.75) is 0 Å². The number of hydrogen-bond acceptors (Lipinski definition) is 8. The van der Waals surface area contributed by atoms with Gasteiger partial charge in [0.25, 0.3) is 11.4 Å². The van der Waals surface area contributed by atoms with Crippen molar-refractivity contribution in [3.8, 4) is 10.6 Å². The molecule has 0 bridgehead atoms. The summed E-state index contributed by atoms with van der Waals surface area (Å²) in [6, 6.07) is 12.7. The third-order valence-corrected chi connectivity index (χ3v) is 3.96. The minimum absolute atomic E-state index is 0.112. The zero-order valence-corrected chi connectivity index (χ0v) is 12.8. The van der Waals surface area contributed by atoms with Crippen LogP contribution in [0.4, 0.5) is 22.2 Å². The van der Waals surface area contributed by atoms with E-state index in [1.54, 1.807) is 0 Å². The van der Waals surface area contributed by atoms with Gasteiger partial charge in [0.05, 0.1) is 15.9 Å². The Hall–Kier alpha value is -3.40. The van der Waals surface area contributed by atoms with E-state index in [-0.39, 0.29) is 11.4 Å². The van der Waals surface area contributed by atoms with Crippen molar-refractivity contribution >= 4 is 33.5 Å². The average molecular weight is 343 g/mol. The van der Waals surface area contributed by atoms with Gasteiger partial charge in [-0.15, -0.1) is 10.2 Å². The van der Waals surface area contributed by atoms with Crippen molar-refractivity contribution in [2.75, 3.05) is 5.32 Å². The fourth-order valence-electron chi connectivity index (χ4n) is 1.98. The molecule has 1 heterocycles. The number of nitrogens with zero attached hydrogens (tertiary/aromatic N) is 4. The Labute approximate surface area is 138 Å². The van der Waals surface area contributed by atoms with E-state index in [4.69, 9.17) is 0 Å². The Kier molecular flexibility index (Phi) is 4.12. The highest BCUT2D eigenvalue weighted by atomic mass is 32.1. The van der Waals surface area contributed by atoms with Crippen LogP contribution in [0.25, 0.3) is 10.6 Å². The van der Waals surface area contributed by atoms with Crippen LogP contribution in [0.5, 0.6) is 0 Å². The van der Waals surface area contributed by atoms with Crippen LogP contribution in [0.2, 0.25) is 0 Å². The van der Waals surface area contributed by atoms with Gasteiger partial charge >= 0.3 is 0 Å². The predicted molar refractivity (Wildman–Crippen MR) is 88.4 cm³/mol. The zero-order valence-electron chi connectivity index (χ0n) is 11.9. The van der Waals surface area contributed by atoms with Crippen LogP contribution in [0.15, 0.2) is 48.5 Å². The second-order valence-electron chi connectivity index (χ2n) is 4.62. The molecule has 0 unspecified atom stereocenters. The summed E-state index contributed by atoms with van der Waals surface area (Å²) in [6.45, 7) is 0. The van der Waals surface area contributed by atoms with E-state index in [2.05, 4.69) is 15.5 Å². The summed E-state index contributed by atoms with van der Waals surface area (Å²) in [5, 5.41) is 33.6. The maximum absolute atomic E-state index is 11.1. The second kappa shape index (κ2) is 6.38. The topological polar surface area (TPSA) is 124 Å². The SMILES string of the molecule is O=[N+]([O-])c1ccc(Nc2nnc(-c3ccccc3)s2)c([N+](=O)[O-])c1. The predicted octanol–water partition coefficient (Wildman–Crippen LogP) is 3.77. The molecule has 0 aliphatic rings. The first-order valence-electron chi connectivity index (χ1n) is 6.63. The third kappa shape index (κ3) is 3.17. The Balaban J connectivity index is 1.90. The number of nitrogens with one attached hydrogen (secondary N) is 1. The minimum Gasteiger partial charge on any atom is -0.324 e. The second-order valence-corrected chi connectivity index (χ2v) is 5.60. The van der Waals surface area contributed by atoms with Crippen molar-refractivity contribution < 1.29 is 9.85 Å². The lowest BCUT2D eigenvalue weighted by atomic mass is 10.2. The summed E-state index contributed by atoms with van der Waals surface area (Å²) in [5.41, 5.74) is 0.234. The molecular formula is C14H9N5O4S. The molecule has 2 aromatic carbocycles. The fraction of sp³-hybridized carbons (Fsp3) is 0. The molecule has 0 spiro atoms. The Morgan fingerprint density at radius 1 is 0.958 bits per heavy atom. The van der Waals surface area contributed by atoms with Crippen molar-refractivity contribution in [1.29, 1.82) is 0 Å². The third-order valence-electron chi connectivity index (χ3n) is 3.08.